The molecule has 0 aliphatic heterocycles. The van der Waals surface area contributed by atoms with Gasteiger partial charge in [-0.05, 0) is 23.8 Å². The quantitative estimate of drug-likeness (QED) is 0.919. The van der Waals surface area contributed by atoms with Crippen LogP contribution in [0.3, 0.4) is 0 Å². The van der Waals surface area contributed by atoms with E-state index in [2.05, 4.69) is 10.4 Å². The summed E-state index contributed by atoms with van der Waals surface area (Å²) >= 11 is 0. The van der Waals surface area contributed by atoms with Gasteiger partial charge in [-0.1, -0.05) is 32.9 Å². The van der Waals surface area contributed by atoms with Gasteiger partial charge in [0, 0.05) is 23.5 Å². The van der Waals surface area contributed by atoms with E-state index in [-0.39, 0.29) is 11.3 Å². The summed E-state index contributed by atoms with van der Waals surface area (Å²) in [7, 11) is 0. The summed E-state index contributed by atoms with van der Waals surface area (Å²) in [5, 5.41) is 7.07. The predicted octanol–water partition coefficient (Wildman–Crippen LogP) is 2.92. The van der Waals surface area contributed by atoms with Crippen LogP contribution in [0, 0.1) is 5.41 Å². The average Bonchev–Trinajstić information content (AvgIpc) is 2.83. The number of carbonyl (C=O) groups excluding carboxylic acids is 1. The summed E-state index contributed by atoms with van der Waals surface area (Å²) in [6, 6.07) is 9.74. The molecule has 1 N–H and O–H groups in total. The van der Waals surface area contributed by atoms with Crippen molar-refractivity contribution in [1.29, 1.82) is 0 Å². The number of benzene rings is 1. The molecule has 19 heavy (non-hydrogen) atoms. The highest BCUT2D eigenvalue weighted by atomic mass is 16.2. The molecule has 100 valence electrons. The lowest BCUT2D eigenvalue weighted by molar-refractivity contribution is -0.123. The summed E-state index contributed by atoms with van der Waals surface area (Å²) < 4.78 is 1.86. The van der Waals surface area contributed by atoms with Gasteiger partial charge in [0.25, 0.3) is 0 Å². The Balaban J connectivity index is 2.01. The number of rotatable bonds is 3. The number of carbonyl (C=O) groups is 1. The first kappa shape index (κ1) is 13.3. The van der Waals surface area contributed by atoms with E-state index >= 15 is 0 Å². The number of hydrogen-bond donors (Lipinski definition) is 1. The minimum atomic E-state index is -0.381. The molecular formula is C15H19N3O. The first-order valence-electron chi connectivity index (χ1n) is 6.33. The number of hydrogen-bond acceptors (Lipinski definition) is 2. The van der Waals surface area contributed by atoms with E-state index in [1.807, 2.05) is 62.0 Å². The van der Waals surface area contributed by atoms with Gasteiger partial charge >= 0.3 is 0 Å². The minimum absolute atomic E-state index is 0.0207. The molecule has 1 heterocycles. The molecular weight excluding hydrogens is 238 g/mol. The van der Waals surface area contributed by atoms with E-state index in [0.717, 1.165) is 17.8 Å². The van der Waals surface area contributed by atoms with Gasteiger partial charge in [-0.15, -0.1) is 0 Å². The van der Waals surface area contributed by atoms with E-state index in [0.29, 0.717) is 0 Å². The molecule has 0 unspecified atom stereocenters. The van der Waals surface area contributed by atoms with Crippen molar-refractivity contribution in [3.8, 4) is 0 Å². The standard InChI is InChI=1S/C15H19N3O/c1-15(2,3)14(19)17-13-7-5-12(6-8-13)11-18-10-4-9-16-18/h4-10H,11H2,1-3H3,(H,17,19). The van der Waals surface area contributed by atoms with Crippen LogP contribution in [-0.4, -0.2) is 15.7 Å². The summed E-state index contributed by atoms with van der Waals surface area (Å²) in [5.74, 6) is 0.0207. The van der Waals surface area contributed by atoms with Gasteiger partial charge in [-0.2, -0.15) is 5.10 Å². The summed E-state index contributed by atoms with van der Waals surface area (Å²) in [6.45, 7) is 6.43. The summed E-state index contributed by atoms with van der Waals surface area (Å²) in [4.78, 5) is 11.8. The third-order valence-electron chi connectivity index (χ3n) is 2.80. The maximum atomic E-state index is 11.8. The monoisotopic (exact) mass is 257 g/mol. The lowest BCUT2D eigenvalue weighted by Gasteiger charge is -2.17. The number of aromatic nitrogens is 2. The Hall–Kier alpha value is -2.10. The number of nitrogens with one attached hydrogen (secondary N) is 1. The fourth-order valence-corrected chi connectivity index (χ4v) is 1.59. The molecule has 0 spiro atoms. The Morgan fingerprint density at radius 2 is 1.95 bits per heavy atom. The molecule has 0 aliphatic carbocycles. The van der Waals surface area contributed by atoms with Gasteiger partial charge in [0.15, 0.2) is 0 Å². The van der Waals surface area contributed by atoms with Crippen LogP contribution in [0.15, 0.2) is 42.7 Å². The van der Waals surface area contributed by atoms with Crippen LogP contribution in [0.4, 0.5) is 5.69 Å². The van der Waals surface area contributed by atoms with Crippen LogP contribution in [0.25, 0.3) is 0 Å². The summed E-state index contributed by atoms with van der Waals surface area (Å²) in [6.07, 6.45) is 3.69. The van der Waals surface area contributed by atoms with Crippen LogP contribution in [0.5, 0.6) is 0 Å². The third-order valence-corrected chi connectivity index (χ3v) is 2.80. The lowest BCUT2D eigenvalue weighted by Crippen LogP contribution is -2.27. The number of nitrogens with zero attached hydrogens (tertiary/aromatic N) is 2. The molecule has 1 amide bonds. The van der Waals surface area contributed by atoms with E-state index < -0.39 is 0 Å². The highest BCUT2D eigenvalue weighted by molar-refractivity contribution is 5.94. The van der Waals surface area contributed by atoms with E-state index in [4.69, 9.17) is 0 Å². The second kappa shape index (κ2) is 5.26. The van der Waals surface area contributed by atoms with E-state index in [1.54, 1.807) is 6.20 Å². The van der Waals surface area contributed by atoms with Crippen LogP contribution < -0.4 is 5.32 Å². The first-order chi connectivity index (χ1) is 8.95. The minimum Gasteiger partial charge on any atom is -0.326 e. The highest BCUT2D eigenvalue weighted by Crippen LogP contribution is 2.17. The van der Waals surface area contributed by atoms with Gasteiger partial charge in [-0.3, -0.25) is 9.48 Å². The summed E-state index contributed by atoms with van der Waals surface area (Å²) in [5.41, 5.74) is 1.59. The molecule has 0 saturated heterocycles. The van der Waals surface area contributed by atoms with Crippen molar-refractivity contribution in [2.45, 2.75) is 27.3 Å². The van der Waals surface area contributed by atoms with Gasteiger partial charge < -0.3 is 5.32 Å². The zero-order chi connectivity index (χ0) is 13.9. The second-order valence-corrected chi connectivity index (χ2v) is 5.60. The molecule has 2 rings (SSSR count). The molecule has 4 heteroatoms. The maximum absolute atomic E-state index is 11.8. The van der Waals surface area contributed by atoms with Crippen LogP contribution >= 0.6 is 0 Å². The number of amides is 1. The molecule has 1 aromatic heterocycles. The zero-order valence-electron chi connectivity index (χ0n) is 11.6. The van der Waals surface area contributed by atoms with Gasteiger partial charge in [0.1, 0.15) is 0 Å². The van der Waals surface area contributed by atoms with Gasteiger partial charge in [-0.25, -0.2) is 0 Å². The van der Waals surface area contributed by atoms with Crippen molar-refractivity contribution in [3.05, 3.63) is 48.3 Å². The van der Waals surface area contributed by atoms with Crippen LogP contribution in [0.1, 0.15) is 26.3 Å². The van der Waals surface area contributed by atoms with Crippen molar-refractivity contribution in [2.75, 3.05) is 5.32 Å². The van der Waals surface area contributed by atoms with Crippen LogP contribution in [-0.2, 0) is 11.3 Å². The molecule has 0 saturated carbocycles. The SMILES string of the molecule is CC(C)(C)C(=O)Nc1ccc(Cn2cccn2)cc1. The number of anilines is 1. The smallest absolute Gasteiger partial charge is 0.229 e. The largest absolute Gasteiger partial charge is 0.326 e. The van der Waals surface area contributed by atoms with Crippen molar-refractivity contribution in [2.24, 2.45) is 5.41 Å². The highest BCUT2D eigenvalue weighted by Gasteiger charge is 2.20. The van der Waals surface area contributed by atoms with Crippen LogP contribution in [0.2, 0.25) is 0 Å². The Morgan fingerprint density at radius 3 is 2.47 bits per heavy atom. The van der Waals surface area contributed by atoms with Crippen molar-refractivity contribution in [3.63, 3.8) is 0 Å². The normalized spacial score (nSPS) is 11.3. The fraction of sp³-hybridized carbons (Fsp3) is 0.333. The molecule has 0 atom stereocenters. The van der Waals surface area contributed by atoms with Gasteiger partial charge in [0.2, 0.25) is 5.91 Å². The van der Waals surface area contributed by atoms with Gasteiger partial charge in [0.05, 0.1) is 6.54 Å². The first-order valence-corrected chi connectivity index (χ1v) is 6.33. The zero-order valence-corrected chi connectivity index (χ0v) is 11.6. The van der Waals surface area contributed by atoms with E-state index in [9.17, 15) is 4.79 Å². The van der Waals surface area contributed by atoms with Crippen molar-refractivity contribution >= 4 is 11.6 Å². The van der Waals surface area contributed by atoms with Crippen molar-refractivity contribution in [1.82, 2.24) is 9.78 Å². The predicted molar refractivity (Wildman–Crippen MR) is 75.9 cm³/mol. The molecule has 0 aliphatic rings. The Morgan fingerprint density at radius 1 is 1.26 bits per heavy atom. The topological polar surface area (TPSA) is 46.9 Å². The molecule has 4 nitrogen and oxygen atoms in total. The third kappa shape index (κ3) is 3.68. The molecule has 0 radical (unpaired) electrons. The van der Waals surface area contributed by atoms with Crippen molar-refractivity contribution < 1.29 is 4.79 Å². The molecule has 1 aromatic carbocycles. The molecule has 2 aromatic rings. The maximum Gasteiger partial charge on any atom is 0.229 e. The second-order valence-electron chi connectivity index (χ2n) is 5.60. The Labute approximate surface area is 113 Å². The average molecular weight is 257 g/mol. The molecule has 0 fully saturated rings. The lowest BCUT2D eigenvalue weighted by atomic mass is 9.95. The molecule has 0 bridgehead atoms. The Kier molecular flexibility index (Phi) is 3.69. The fourth-order valence-electron chi connectivity index (χ4n) is 1.59. The Bertz CT molecular complexity index is 536. The van der Waals surface area contributed by atoms with E-state index in [1.165, 1.54) is 0 Å².